The molecular weight excluding hydrogens is 553 g/mol. The molecule has 0 amide bonds. The second kappa shape index (κ2) is 10.2. The molecule has 37 heavy (non-hydrogen) atoms. The summed E-state index contributed by atoms with van der Waals surface area (Å²) in [6.45, 7) is 2.09. The fraction of sp³-hybridized carbons (Fsp3) is 0.464. The van der Waals surface area contributed by atoms with Crippen molar-refractivity contribution in [3.05, 3.63) is 70.3 Å². The average Bonchev–Trinajstić information content (AvgIpc) is 3.75. The van der Waals surface area contributed by atoms with Crippen LogP contribution in [0.25, 0.3) is 10.9 Å². The number of hydrogen-bond donors (Lipinski definition) is 1. The van der Waals surface area contributed by atoms with Gasteiger partial charge in [0.15, 0.2) is 0 Å². The van der Waals surface area contributed by atoms with E-state index >= 15 is 0 Å². The molecule has 198 valence electrons. The molecule has 5 rings (SSSR count). The number of benzene rings is 2. The Hall–Kier alpha value is -2.21. The fourth-order valence-electron chi connectivity index (χ4n) is 5.00. The summed E-state index contributed by atoms with van der Waals surface area (Å²) in [5, 5.41) is 5.60. The molecule has 2 aliphatic rings. The Morgan fingerprint density at radius 2 is 1.49 bits per heavy atom. The topological polar surface area (TPSA) is 24.9 Å². The van der Waals surface area contributed by atoms with Crippen LogP contribution >= 0.6 is 0 Å². The molecule has 0 saturated heterocycles. The van der Waals surface area contributed by atoms with E-state index < -0.39 is 39.2 Å². The Labute approximate surface area is 218 Å². The zero-order chi connectivity index (χ0) is 26.4. The van der Waals surface area contributed by atoms with Gasteiger partial charge in [-0.1, -0.05) is 0 Å². The van der Waals surface area contributed by atoms with Crippen molar-refractivity contribution >= 4 is 32.5 Å². The number of halogens is 6. The van der Waals surface area contributed by atoms with Gasteiger partial charge in [-0.25, -0.2) is 0 Å². The number of rotatable bonds is 9. The third-order valence-corrected chi connectivity index (χ3v) is 9.95. The molecule has 2 fully saturated rings. The molecule has 1 N–H and O–H groups in total. The van der Waals surface area contributed by atoms with Crippen LogP contribution < -0.4 is 5.32 Å². The minimum atomic E-state index is -4.83. The average molecular weight is 582 g/mol. The number of nitrogens with zero attached hydrogens (tertiary/aromatic N) is 1. The first-order valence-corrected chi connectivity index (χ1v) is 15.7. The van der Waals surface area contributed by atoms with Crippen LogP contribution in [0.1, 0.15) is 60.4 Å². The van der Waals surface area contributed by atoms with Gasteiger partial charge in [-0.2, -0.15) is 0 Å². The molecule has 0 bridgehead atoms. The van der Waals surface area contributed by atoms with Crippen molar-refractivity contribution < 1.29 is 26.3 Å². The second-order valence-corrected chi connectivity index (χ2v) is 12.7. The maximum atomic E-state index is 13.3. The van der Waals surface area contributed by atoms with Gasteiger partial charge in [0.1, 0.15) is 0 Å². The van der Waals surface area contributed by atoms with Gasteiger partial charge in [0.2, 0.25) is 0 Å². The van der Waals surface area contributed by atoms with Crippen LogP contribution in [-0.2, 0) is 29.2 Å². The van der Waals surface area contributed by atoms with E-state index in [9.17, 15) is 26.3 Å². The summed E-state index contributed by atoms with van der Waals surface area (Å²) in [5.41, 5.74) is 0.711. The van der Waals surface area contributed by atoms with E-state index in [4.69, 9.17) is 4.98 Å². The molecular formula is C28H29AsF6N2. The maximum absolute atomic E-state index is 13.3. The van der Waals surface area contributed by atoms with Gasteiger partial charge in [-0.3, -0.25) is 0 Å². The minimum absolute atomic E-state index is 0.0903. The van der Waals surface area contributed by atoms with Crippen LogP contribution in [-0.4, -0.2) is 26.8 Å². The molecule has 1 heterocycles. The van der Waals surface area contributed by atoms with Gasteiger partial charge in [0.25, 0.3) is 0 Å². The van der Waals surface area contributed by atoms with E-state index in [1.165, 1.54) is 25.7 Å². The van der Waals surface area contributed by atoms with E-state index in [0.717, 1.165) is 46.4 Å². The summed E-state index contributed by atoms with van der Waals surface area (Å²) < 4.78 is 79.6. The molecule has 3 aromatic rings. The van der Waals surface area contributed by atoms with Crippen molar-refractivity contribution in [2.75, 3.05) is 5.32 Å². The first kappa shape index (κ1) is 26.4. The zero-order valence-corrected chi connectivity index (χ0v) is 22.5. The van der Waals surface area contributed by atoms with Crippen LogP contribution in [0, 0.1) is 11.8 Å². The third-order valence-electron chi connectivity index (χ3n) is 7.24. The third kappa shape index (κ3) is 6.27. The number of alkyl halides is 6. The summed E-state index contributed by atoms with van der Waals surface area (Å²) in [5.74, 6) is 2.14. The van der Waals surface area contributed by atoms with Crippen LogP contribution in [0.4, 0.5) is 32.2 Å². The number of fused-ring (bicyclic) bond motifs is 1. The molecule has 2 aliphatic carbocycles. The molecule has 1 aromatic heterocycles. The standard InChI is InChI=1S/C28H29AsF6N2/c1-2-17-4-3-5-20-12-21(26(36-24(17)20)37-25(18-6-7-18)19-8-9-19)15-29-14-16-10-22(27(30,31)32)13-23(11-16)28(33,34)35/h3-5,10-13,18-19,25,29H,2,6-9,14-15H2,1H3,(H,36,37). The summed E-state index contributed by atoms with van der Waals surface area (Å²) in [6.07, 6.45) is -3.96. The van der Waals surface area contributed by atoms with Gasteiger partial charge in [0.05, 0.1) is 0 Å². The van der Waals surface area contributed by atoms with E-state index in [0.29, 0.717) is 23.1 Å². The molecule has 2 saturated carbocycles. The number of pyridine rings is 1. The van der Waals surface area contributed by atoms with Crippen molar-refractivity contribution in [3.63, 3.8) is 0 Å². The van der Waals surface area contributed by atoms with Crippen LogP contribution in [0.15, 0.2) is 42.5 Å². The van der Waals surface area contributed by atoms with Crippen molar-refractivity contribution in [2.45, 2.75) is 67.8 Å². The van der Waals surface area contributed by atoms with Crippen LogP contribution in [0.5, 0.6) is 0 Å². The van der Waals surface area contributed by atoms with E-state index in [-0.39, 0.29) is 16.8 Å². The van der Waals surface area contributed by atoms with E-state index in [1.54, 1.807) is 0 Å². The molecule has 2 nitrogen and oxygen atoms in total. The predicted octanol–water partition coefficient (Wildman–Crippen LogP) is 7.57. The van der Waals surface area contributed by atoms with Gasteiger partial charge in [-0.05, 0) is 0 Å². The summed E-state index contributed by atoms with van der Waals surface area (Å²) >= 11 is -0.916. The first-order valence-electron chi connectivity index (χ1n) is 12.7. The quantitative estimate of drug-likeness (QED) is 0.208. The van der Waals surface area contributed by atoms with Crippen molar-refractivity contribution in [3.8, 4) is 0 Å². The summed E-state index contributed by atoms with van der Waals surface area (Å²) in [7, 11) is 0. The molecule has 2 aromatic carbocycles. The Morgan fingerprint density at radius 3 is 2.03 bits per heavy atom. The number of aryl methyl sites for hydroxylation is 1. The summed E-state index contributed by atoms with van der Waals surface area (Å²) in [6, 6.07) is 10.5. The number of hydrogen-bond acceptors (Lipinski definition) is 2. The Morgan fingerprint density at radius 1 is 0.865 bits per heavy atom. The van der Waals surface area contributed by atoms with Crippen LogP contribution in [0.3, 0.4) is 0 Å². The molecule has 9 heteroatoms. The monoisotopic (exact) mass is 582 g/mol. The van der Waals surface area contributed by atoms with Crippen molar-refractivity contribution in [1.29, 1.82) is 0 Å². The molecule has 1 atom stereocenters. The fourth-order valence-corrected chi connectivity index (χ4v) is 7.43. The SMILES string of the molecule is CCc1cccc2cc(C[AsH]Cc3cc(C(F)(F)F)cc(C(F)(F)F)c3)c(NC(C3CC3)C3CC3)nc12. The van der Waals surface area contributed by atoms with E-state index in [1.807, 2.05) is 12.1 Å². The normalized spacial score (nSPS) is 16.9. The predicted molar refractivity (Wildman–Crippen MR) is 135 cm³/mol. The number of anilines is 1. The molecule has 1 unspecified atom stereocenters. The number of aromatic nitrogens is 1. The molecule has 0 radical (unpaired) electrons. The molecule has 0 aliphatic heterocycles. The summed E-state index contributed by atoms with van der Waals surface area (Å²) in [4.78, 5) is 5.04. The van der Waals surface area contributed by atoms with Crippen LogP contribution in [0.2, 0.25) is 0 Å². The van der Waals surface area contributed by atoms with Gasteiger partial charge >= 0.3 is 219 Å². The zero-order valence-electron chi connectivity index (χ0n) is 20.4. The molecule has 0 spiro atoms. The Balaban J connectivity index is 1.41. The number of nitrogens with one attached hydrogen (secondary N) is 1. The van der Waals surface area contributed by atoms with Gasteiger partial charge in [-0.15, -0.1) is 0 Å². The van der Waals surface area contributed by atoms with Gasteiger partial charge in [0, 0.05) is 0 Å². The Kier molecular flexibility index (Phi) is 7.25. The van der Waals surface area contributed by atoms with Gasteiger partial charge < -0.3 is 0 Å². The Bertz CT molecular complexity index is 1230. The first-order chi connectivity index (χ1) is 17.5. The number of para-hydroxylation sites is 1. The van der Waals surface area contributed by atoms with Crippen molar-refractivity contribution in [1.82, 2.24) is 4.98 Å². The van der Waals surface area contributed by atoms with Crippen molar-refractivity contribution in [2.24, 2.45) is 11.8 Å². The second-order valence-electron chi connectivity index (χ2n) is 10.2. The van der Waals surface area contributed by atoms with E-state index in [2.05, 4.69) is 24.4 Å².